The topological polar surface area (TPSA) is 126 Å². The molecule has 4 amide bonds. The molecule has 0 aliphatic heterocycles. The van der Waals surface area contributed by atoms with Crippen molar-refractivity contribution in [1.82, 2.24) is 16.0 Å². The van der Waals surface area contributed by atoms with Crippen LogP contribution < -0.4 is 26.2 Å². The zero-order chi connectivity index (χ0) is 30.8. The molecule has 2 aliphatic carbocycles. The molecule has 0 bridgehead atoms. The lowest BCUT2D eigenvalue weighted by molar-refractivity contribution is -0.462. The number of allylic oxidation sites excluding steroid dienone is 5. The number of thioether (sulfide) groups is 2. The van der Waals surface area contributed by atoms with Crippen molar-refractivity contribution in [2.24, 2.45) is 0 Å². The fourth-order valence-electron chi connectivity index (χ4n) is 4.34. The van der Waals surface area contributed by atoms with Gasteiger partial charge < -0.3 is 31.3 Å². The van der Waals surface area contributed by atoms with Gasteiger partial charge in [-0.05, 0) is 61.1 Å². The maximum atomic E-state index is 13.6. The first-order valence-electron chi connectivity index (χ1n) is 13.6. The maximum absolute atomic E-state index is 13.6. The van der Waals surface area contributed by atoms with E-state index in [1.165, 1.54) is 0 Å². The summed E-state index contributed by atoms with van der Waals surface area (Å²) >= 11 is 3.42. The number of benzene rings is 1. The minimum atomic E-state index is -0.390. The number of aliphatic hydroxyl groups is 1. The van der Waals surface area contributed by atoms with Gasteiger partial charge in [0.1, 0.15) is 19.9 Å². The minimum absolute atomic E-state index is 0.108. The van der Waals surface area contributed by atoms with Gasteiger partial charge in [-0.3, -0.25) is 4.79 Å². The predicted molar refractivity (Wildman–Crippen MR) is 176 cm³/mol. The summed E-state index contributed by atoms with van der Waals surface area (Å²) < 4.78 is 1.89. The number of anilines is 2. The van der Waals surface area contributed by atoms with Crippen molar-refractivity contribution in [2.75, 3.05) is 75.5 Å². The number of hydrogen-bond acceptors (Lipinski definition) is 7. The standard InChI is InChI=1S/C30H40N6O4S2/c1-35(2)19-9-11-21(23(17-19)33-29(39)31-13-7-15-41-5)25-27(37)26(28(25)38)22-12-10-20(36(3)4)18-24(22)34-30(40)32-14-8-16-42-6/h9-12,17-18H,7-8,13-16H2,1-6H3,(H4,31,32,33,34,37,38,39,40)/p+1. The monoisotopic (exact) mass is 613 g/mol. The smallest absolute Gasteiger partial charge is 0.319 e. The summed E-state index contributed by atoms with van der Waals surface area (Å²) in [4.78, 5) is 40.9. The van der Waals surface area contributed by atoms with E-state index in [0.717, 1.165) is 35.7 Å². The Balaban J connectivity index is 1.96. The number of rotatable bonds is 12. The van der Waals surface area contributed by atoms with Gasteiger partial charge in [0.2, 0.25) is 11.5 Å². The number of hydrogen-bond donors (Lipinski definition) is 5. The Morgan fingerprint density at radius 2 is 1.55 bits per heavy atom. The van der Waals surface area contributed by atoms with Crippen molar-refractivity contribution < 1.29 is 24.1 Å². The highest BCUT2D eigenvalue weighted by Crippen LogP contribution is 2.43. The number of nitrogens with zero attached hydrogens (tertiary/aromatic N) is 2. The molecule has 0 atom stereocenters. The Labute approximate surface area is 256 Å². The highest BCUT2D eigenvalue weighted by molar-refractivity contribution is 7.98. The van der Waals surface area contributed by atoms with E-state index in [9.17, 15) is 19.5 Å². The maximum Gasteiger partial charge on any atom is 0.319 e. The van der Waals surface area contributed by atoms with Crippen molar-refractivity contribution in [1.29, 1.82) is 0 Å². The third kappa shape index (κ3) is 8.22. The number of carbonyl (C=O) groups is 3. The van der Waals surface area contributed by atoms with E-state index in [4.69, 9.17) is 0 Å². The largest absolute Gasteiger partial charge is 0.506 e. The van der Waals surface area contributed by atoms with E-state index in [2.05, 4.69) is 21.3 Å². The van der Waals surface area contributed by atoms with Crippen LogP contribution in [0.3, 0.4) is 0 Å². The second-order valence-electron chi connectivity index (χ2n) is 10.1. The normalized spacial score (nSPS) is 16.1. The molecule has 0 saturated carbocycles. The van der Waals surface area contributed by atoms with Crippen molar-refractivity contribution in [3.8, 4) is 0 Å². The van der Waals surface area contributed by atoms with Crippen LogP contribution in [0.1, 0.15) is 18.4 Å². The second-order valence-corrected chi connectivity index (χ2v) is 12.1. The minimum Gasteiger partial charge on any atom is -0.506 e. The van der Waals surface area contributed by atoms with Gasteiger partial charge in [-0.25, -0.2) is 14.2 Å². The lowest BCUT2D eigenvalue weighted by atomic mass is 9.78. The molecule has 1 aromatic carbocycles. The van der Waals surface area contributed by atoms with Crippen molar-refractivity contribution >= 4 is 64.0 Å². The molecule has 226 valence electrons. The first-order chi connectivity index (χ1) is 20.1. The van der Waals surface area contributed by atoms with Gasteiger partial charge in [-0.15, -0.1) is 0 Å². The van der Waals surface area contributed by atoms with Crippen LogP contribution in [0.15, 0.2) is 59.0 Å². The fraction of sp³-hybridized carbons (Fsp3) is 0.400. The highest BCUT2D eigenvalue weighted by Gasteiger charge is 2.39. The molecule has 0 aromatic heterocycles. The Hall–Kier alpha value is -3.64. The number of amides is 4. The van der Waals surface area contributed by atoms with E-state index in [1.54, 1.807) is 47.8 Å². The zero-order valence-electron chi connectivity index (χ0n) is 25.1. The fourth-order valence-corrected chi connectivity index (χ4v) is 5.20. The number of carbonyl (C=O) groups excluding carboxylic acids is 3. The summed E-state index contributed by atoms with van der Waals surface area (Å²) in [6.45, 7) is 1.04. The molecule has 12 heteroatoms. The molecule has 0 saturated heterocycles. The van der Waals surface area contributed by atoms with Gasteiger partial charge in [0.25, 0.3) is 0 Å². The summed E-state index contributed by atoms with van der Waals surface area (Å²) in [7, 11) is 7.51. The van der Waals surface area contributed by atoms with Crippen LogP contribution in [-0.2, 0) is 4.79 Å². The molecule has 2 aliphatic rings. The Morgan fingerprint density at radius 3 is 2.10 bits per heavy atom. The van der Waals surface area contributed by atoms with Crippen LogP contribution in [0.2, 0.25) is 0 Å². The van der Waals surface area contributed by atoms with Crippen molar-refractivity contribution in [3.63, 3.8) is 0 Å². The van der Waals surface area contributed by atoms with Crippen molar-refractivity contribution in [2.45, 2.75) is 12.8 Å². The second kappa shape index (κ2) is 15.5. The average molecular weight is 614 g/mol. The van der Waals surface area contributed by atoms with Crippen LogP contribution in [0.25, 0.3) is 5.57 Å². The average Bonchev–Trinajstić information content (AvgIpc) is 2.95. The quantitative estimate of drug-likeness (QED) is 0.137. The van der Waals surface area contributed by atoms with Crippen LogP contribution in [-0.4, -0.2) is 98.5 Å². The molecule has 0 spiro atoms. The summed E-state index contributed by atoms with van der Waals surface area (Å²) in [5, 5.41) is 22.6. The highest BCUT2D eigenvalue weighted by atomic mass is 32.2. The van der Waals surface area contributed by atoms with E-state index in [1.807, 2.05) is 62.3 Å². The zero-order valence-corrected chi connectivity index (χ0v) is 26.7. The summed E-state index contributed by atoms with van der Waals surface area (Å²) in [6.07, 6.45) is 11.0. The van der Waals surface area contributed by atoms with Gasteiger partial charge in [0.15, 0.2) is 0 Å². The van der Waals surface area contributed by atoms with Crippen molar-refractivity contribution in [3.05, 3.63) is 64.6 Å². The van der Waals surface area contributed by atoms with Gasteiger partial charge in [-0.1, -0.05) is 0 Å². The number of urea groups is 2. The molecule has 0 heterocycles. The third-order valence-corrected chi connectivity index (χ3v) is 8.02. The van der Waals surface area contributed by atoms with Gasteiger partial charge in [0, 0.05) is 56.2 Å². The molecule has 0 radical (unpaired) electrons. The molecule has 3 rings (SSSR count). The molecule has 10 nitrogen and oxygen atoms in total. The Bertz CT molecular complexity index is 1370. The van der Waals surface area contributed by atoms with E-state index < -0.39 is 12.1 Å². The molecule has 42 heavy (non-hydrogen) atoms. The number of ketones is 1. The molecule has 5 N–H and O–H groups in total. The van der Waals surface area contributed by atoms with Gasteiger partial charge >= 0.3 is 12.1 Å². The molecular weight excluding hydrogens is 573 g/mol. The number of Topliss-reactive ketones (excluding diaryl/α,β-unsaturated/α-hetero) is 1. The first-order valence-corrected chi connectivity index (χ1v) is 16.4. The molecule has 0 unspecified atom stereocenters. The van der Waals surface area contributed by atoms with E-state index in [-0.39, 0.29) is 22.7 Å². The SMILES string of the molecule is CSCCCNC(=O)NC1=CC(=[N+](C)C)C=C/C1=C1/C(=O)C(c2ccc(N(C)C)cc2NC(=O)NCCCSC)=C1O. The Kier molecular flexibility index (Phi) is 12.2. The van der Waals surface area contributed by atoms with E-state index in [0.29, 0.717) is 35.6 Å². The summed E-state index contributed by atoms with van der Waals surface area (Å²) in [5.41, 5.74) is 3.50. The summed E-state index contributed by atoms with van der Waals surface area (Å²) in [5.74, 6) is 1.29. The van der Waals surface area contributed by atoms with Crippen LogP contribution in [0.5, 0.6) is 0 Å². The third-order valence-electron chi connectivity index (χ3n) is 6.62. The number of aliphatic hydroxyl groups excluding tert-OH is 1. The Morgan fingerprint density at radius 1 is 0.929 bits per heavy atom. The van der Waals surface area contributed by atoms with Gasteiger partial charge in [0.05, 0.1) is 22.5 Å². The van der Waals surface area contributed by atoms with Gasteiger partial charge in [-0.2, -0.15) is 23.5 Å². The molecular formula is C30H41N6O4S2+. The lowest BCUT2D eigenvalue weighted by Gasteiger charge is -2.27. The number of nitrogens with one attached hydrogen (secondary N) is 4. The van der Waals surface area contributed by atoms with E-state index >= 15 is 0 Å². The van der Waals surface area contributed by atoms with Crippen LogP contribution in [0, 0.1) is 0 Å². The van der Waals surface area contributed by atoms with Crippen LogP contribution >= 0.6 is 23.5 Å². The lowest BCUT2D eigenvalue weighted by Crippen LogP contribution is -2.38. The molecule has 1 aromatic rings. The first kappa shape index (κ1) is 32.9. The molecule has 0 fully saturated rings. The summed E-state index contributed by atoms with van der Waals surface area (Å²) in [6, 6.07) is 4.53. The van der Waals surface area contributed by atoms with Crippen LogP contribution in [0.4, 0.5) is 21.0 Å². The predicted octanol–water partition coefficient (Wildman–Crippen LogP) is 3.99.